The van der Waals surface area contributed by atoms with Gasteiger partial charge in [0.2, 0.25) is 5.91 Å². The molecule has 1 saturated heterocycles. The highest BCUT2D eigenvalue weighted by Crippen LogP contribution is 2.50. The molecule has 1 heterocycles. The molecule has 2 aromatic rings. The van der Waals surface area contributed by atoms with Crippen molar-refractivity contribution in [2.45, 2.75) is 77.7 Å². The first kappa shape index (κ1) is 35.2. The molecule has 2 aromatic carbocycles. The highest BCUT2D eigenvalue weighted by atomic mass is 19.1. The second-order valence-electron chi connectivity index (χ2n) is 13.4. The number of nitrogens with one attached hydrogen (secondary N) is 1. The average Bonchev–Trinajstić information content (AvgIpc) is 3.56. The van der Waals surface area contributed by atoms with Crippen LogP contribution in [0.4, 0.5) is 8.78 Å². The lowest BCUT2D eigenvalue weighted by Gasteiger charge is -2.46. The lowest BCUT2D eigenvalue weighted by atomic mass is 9.72. The Balaban J connectivity index is 1.46. The summed E-state index contributed by atoms with van der Waals surface area (Å²) in [6.45, 7) is 6.56. The molecule has 250 valence electrons. The molecule has 4 atom stereocenters. The summed E-state index contributed by atoms with van der Waals surface area (Å²) in [4.78, 5) is 55.4. The second-order valence-corrected chi connectivity index (χ2v) is 13.4. The lowest BCUT2D eigenvalue weighted by Crippen LogP contribution is -2.54. The summed E-state index contributed by atoms with van der Waals surface area (Å²) in [5.41, 5.74) is 1.09. The van der Waals surface area contributed by atoms with E-state index in [9.17, 15) is 28.7 Å². The predicted molar refractivity (Wildman–Crippen MR) is 167 cm³/mol. The Kier molecular flexibility index (Phi) is 12.0. The Morgan fingerprint density at radius 3 is 2.39 bits per heavy atom. The first-order valence-electron chi connectivity index (χ1n) is 16.1. The van der Waals surface area contributed by atoms with E-state index in [0.29, 0.717) is 43.0 Å². The topological polar surface area (TPSA) is 116 Å². The summed E-state index contributed by atoms with van der Waals surface area (Å²) in [5, 5.41) is 13.7. The Bertz CT molecular complexity index is 1370. The van der Waals surface area contributed by atoms with Gasteiger partial charge in [0.05, 0.1) is 6.42 Å². The maximum atomic E-state index is 15.0. The molecule has 1 aliphatic heterocycles. The molecule has 0 spiro atoms. The smallest absolute Gasteiger partial charge is 0.334 e. The van der Waals surface area contributed by atoms with Gasteiger partial charge in [-0.15, -0.1) is 5.06 Å². The largest absolute Gasteiger partial charge is 0.387 e. The molecule has 2 fully saturated rings. The van der Waals surface area contributed by atoms with E-state index in [2.05, 4.69) is 38.2 Å². The van der Waals surface area contributed by atoms with Crippen molar-refractivity contribution in [3.05, 3.63) is 71.3 Å². The maximum absolute atomic E-state index is 15.0. The number of halogens is 2. The molecule has 1 saturated carbocycles. The number of hydrogen-bond donors (Lipinski definition) is 2. The first-order chi connectivity index (χ1) is 21.9. The van der Waals surface area contributed by atoms with Gasteiger partial charge in [-0.1, -0.05) is 51.1 Å². The van der Waals surface area contributed by atoms with Crippen LogP contribution >= 0.6 is 0 Å². The number of nitrogens with zero attached hydrogens (tertiary/aromatic N) is 2. The van der Waals surface area contributed by atoms with Crippen molar-refractivity contribution in [3.8, 4) is 0 Å². The van der Waals surface area contributed by atoms with E-state index in [-0.39, 0.29) is 49.6 Å². The zero-order chi connectivity index (χ0) is 33.4. The predicted octanol–water partition coefficient (Wildman–Crippen LogP) is 4.53. The number of hydrogen-bond acceptors (Lipinski definition) is 7. The van der Waals surface area contributed by atoms with Crippen molar-refractivity contribution in [1.29, 1.82) is 0 Å². The Hall–Kier alpha value is -3.70. The molecule has 0 aromatic heterocycles. The van der Waals surface area contributed by atoms with Gasteiger partial charge in [-0.3, -0.25) is 14.4 Å². The zero-order valence-corrected chi connectivity index (χ0v) is 26.8. The van der Waals surface area contributed by atoms with Gasteiger partial charge in [-0.25, -0.2) is 13.6 Å². The normalized spacial score (nSPS) is 20.7. The number of amides is 3. The minimum absolute atomic E-state index is 0.0270. The molecule has 0 bridgehead atoms. The van der Waals surface area contributed by atoms with Crippen LogP contribution in [-0.4, -0.2) is 71.0 Å². The highest BCUT2D eigenvalue weighted by Gasteiger charge is 2.47. The summed E-state index contributed by atoms with van der Waals surface area (Å²) in [6, 6.07) is 13.3. The monoisotopic (exact) mass is 641 g/mol. The molecule has 9 nitrogen and oxygen atoms in total. The summed E-state index contributed by atoms with van der Waals surface area (Å²) < 4.78 is 29.3. The number of carbonyl (C=O) groups is 4. The first-order valence-corrected chi connectivity index (χ1v) is 16.1. The molecule has 3 amide bonds. The number of aliphatic hydroxyl groups excluding tert-OH is 1. The molecule has 1 aliphatic carbocycles. The number of aliphatic hydroxyl groups is 1. The van der Waals surface area contributed by atoms with E-state index >= 15 is 4.39 Å². The van der Waals surface area contributed by atoms with Gasteiger partial charge in [-0.2, -0.15) is 0 Å². The van der Waals surface area contributed by atoms with E-state index in [1.54, 1.807) is 4.90 Å². The van der Waals surface area contributed by atoms with Crippen LogP contribution in [0.3, 0.4) is 0 Å². The average molecular weight is 642 g/mol. The van der Waals surface area contributed by atoms with Crippen LogP contribution in [0.15, 0.2) is 48.5 Å². The summed E-state index contributed by atoms with van der Waals surface area (Å²) >= 11 is 0. The van der Waals surface area contributed by atoms with Gasteiger partial charge in [0.1, 0.15) is 18.2 Å². The van der Waals surface area contributed by atoms with E-state index in [4.69, 9.17) is 4.84 Å². The Morgan fingerprint density at radius 2 is 1.74 bits per heavy atom. The van der Waals surface area contributed by atoms with E-state index < -0.39 is 47.3 Å². The van der Waals surface area contributed by atoms with Crippen LogP contribution < -0.4 is 5.32 Å². The molecular formula is C35H45F2N3O6. The van der Waals surface area contributed by atoms with Crippen molar-refractivity contribution >= 4 is 23.7 Å². The second kappa shape index (κ2) is 15.7. The summed E-state index contributed by atoms with van der Waals surface area (Å²) in [6.07, 6.45) is 2.45. The lowest BCUT2D eigenvalue weighted by molar-refractivity contribution is -0.197. The third kappa shape index (κ3) is 8.97. The molecule has 4 rings (SSSR count). The van der Waals surface area contributed by atoms with Crippen LogP contribution in [0.1, 0.15) is 76.3 Å². The van der Waals surface area contributed by atoms with Gasteiger partial charge in [-0.05, 0) is 84.7 Å². The van der Waals surface area contributed by atoms with E-state index in [0.717, 1.165) is 18.1 Å². The van der Waals surface area contributed by atoms with Gasteiger partial charge >= 0.3 is 5.97 Å². The van der Waals surface area contributed by atoms with Gasteiger partial charge in [0, 0.05) is 32.0 Å². The van der Waals surface area contributed by atoms with Crippen molar-refractivity contribution in [1.82, 2.24) is 15.3 Å². The SMILES string of the molecule is CC(C)(C)[C@H](C1CC(c2cc(F)ccc2F)CC1Cc1ccccc1)N(CCCNCCC(=O)ON1C(=O)CCC1=O)C(=O)CO. The van der Waals surface area contributed by atoms with Crippen molar-refractivity contribution in [2.24, 2.45) is 17.3 Å². The number of benzene rings is 2. The Morgan fingerprint density at radius 1 is 1.04 bits per heavy atom. The van der Waals surface area contributed by atoms with E-state index in [1.807, 2.05) is 18.2 Å². The number of hydroxylamine groups is 2. The number of rotatable bonds is 14. The summed E-state index contributed by atoms with van der Waals surface area (Å²) in [7, 11) is 0. The molecule has 0 radical (unpaired) electrons. The standard InChI is InChI=1S/C35H45F2N3O6/c1-35(2,3)34(39(32(44)22-41)17-7-15-38-16-14-33(45)46-40-30(42)12-13-31(40)43)28-20-25(27-21-26(36)10-11-29(27)37)19-24(28)18-23-8-5-4-6-9-23/h4-6,8-11,21,24-25,28,34,38,41H,7,12-20,22H2,1-3H3/t24?,25?,28?,34-/m0/s1. The van der Waals surface area contributed by atoms with Gasteiger partial charge in [0.15, 0.2) is 0 Å². The third-order valence-electron chi connectivity index (χ3n) is 9.03. The fraction of sp³-hybridized carbons (Fsp3) is 0.543. The van der Waals surface area contributed by atoms with Crippen LogP contribution in [0.2, 0.25) is 0 Å². The molecule has 11 heteroatoms. The molecular weight excluding hydrogens is 596 g/mol. The van der Waals surface area contributed by atoms with Crippen LogP contribution in [0.5, 0.6) is 0 Å². The molecule has 3 unspecified atom stereocenters. The van der Waals surface area contributed by atoms with E-state index in [1.165, 1.54) is 12.1 Å². The quantitative estimate of drug-likeness (QED) is 0.230. The van der Waals surface area contributed by atoms with Crippen LogP contribution in [0, 0.1) is 28.9 Å². The fourth-order valence-corrected chi connectivity index (χ4v) is 7.12. The number of carbonyl (C=O) groups excluding carboxylic acids is 4. The fourth-order valence-electron chi connectivity index (χ4n) is 7.12. The highest BCUT2D eigenvalue weighted by molar-refractivity contribution is 6.01. The number of imide groups is 1. The molecule has 46 heavy (non-hydrogen) atoms. The molecule has 2 N–H and O–H groups in total. The van der Waals surface area contributed by atoms with Crippen LogP contribution in [0.25, 0.3) is 0 Å². The van der Waals surface area contributed by atoms with Crippen LogP contribution in [-0.2, 0) is 30.4 Å². The zero-order valence-electron chi connectivity index (χ0n) is 26.8. The van der Waals surface area contributed by atoms with Crippen molar-refractivity contribution in [3.63, 3.8) is 0 Å². The minimum atomic E-state index is -0.698. The van der Waals surface area contributed by atoms with Crippen molar-refractivity contribution in [2.75, 3.05) is 26.2 Å². The Labute approximate surface area is 269 Å². The van der Waals surface area contributed by atoms with Crippen molar-refractivity contribution < 1.29 is 37.9 Å². The minimum Gasteiger partial charge on any atom is -0.387 e. The maximum Gasteiger partial charge on any atom is 0.334 e. The summed E-state index contributed by atoms with van der Waals surface area (Å²) in [5.74, 6) is -3.29. The van der Waals surface area contributed by atoms with Gasteiger partial charge in [0.25, 0.3) is 11.8 Å². The molecule has 2 aliphatic rings. The van der Waals surface area contributed by atoms with Gasteiger partial charge < -0.3 is 20.2 Å². The third-order valence-corrected chi connectivity index (χ3v) is 9.03.